The number of rotatable bonds is 4. The largest absolute Gasteiger partial charge is 0.517 e. The second-order valence-electron chi connectivity index (χ2n) is 2.37. The van der Waals surface area contributed by atoms with Gasteiger partial charge < -0.3 is 4.74 Å². The summed E-state index contributed by atoms with van der Waals surface area (Å²) >= 11 is 12.3. The monoisotopic (exact) mass is 592 g/mol. The summed E-state index contributed by atoms with van der Waals surface area (Å²) in [5, 5.41) is 0. The molecule has 0 aliphatic rings. The molecule has 1 nitrogen and oxygen atoms in total. The van der Waals surface area contributed by atoms with E-state index >= 15 is 0 Å². The van der Waals surface area contributed by atoms with E-state index in [0.29, 0.717) is 12.5 Å². The molecule has 0 saturated heterocycles. The molecule has 0 amide bonds. The van der Waals surface area contributed by atoms with Crippen LogP contribution in [-0.2, 0) is 0 Å². The molecular weight excluding hydrogens is 586 g/mol. The van der Waals surface area contributed by atoms with Gasteiger partial charge in [0.2, 0.25) is 0 Å². The first-order chi connectivity index (χ1) is 6.25. The topological polar surface area (TPSA) is 9.23 Å². The van der Waals surface area contributed by atoms with E-state index in [4.69, 9.17) is 16.3 Å². The van der Waals surface area contributed by atoms with Crippen molar-refractivity contribution in [1.82, 2.24) is 0 Å². The minimum Gasteiger partial charge on any atom is -0.517 e. The predicted octanol–water partition coefficient (Wildman–Crippen LogP) is 4.02. The average Bonchev–Trinajstić information content (AvgIpc) is 2.10. The van der Waals surface area contributed by atoms with Crippen molar-refractivity contribution < 1.29 is 4.74 Å². The van der Waals surface area contributed by atoms with Gasteiger partial charge >= 0.3 is 0 Å². The predicted molar refractivity (Wildman–Crippen MR) is 61.5 cm³/mol. The molecule has 0 unspecified atom stereocenters. The van der Waals surface area contributed by atoms with Crippen molar-refractivity contribution in [3.8, 4) is 5.75 Å². The Morgan fingerprint density at radius 2 is 1.86 bits per heavy atom. The number of alkyl halides is 1. The first-order valence-corrected chi connectivity index (χ1v) is 5.91. The van der Waals surface area contributed by atoms with E-state index in [9.17, 15) is 0 Å². The van der Waals surface area contributed by atoms with Crippen molar-refractivity contribution in [2.24, 2.45) is 0 Å². The van der Waals surface area contributed by atoms with E-state index in [1.54, 1.807) is 0 Å². The number of benzene rings is 1. The zero-order valence-corrected chi connectivity index (χ0v) is 17.9. The van der Waals surface area contributed by atoms with Crippen molar-refractivity contribution in [2.75, 3.05) is 12.5 Å². The summed E-state index contributed by atoms with van der Waals surface area (Å²) in [6.45, 7) is 0.630. The maximum atomic E-state index is 5.54. The zero-order valence-electron chi connectivity index (χ0n) is 7.53. The molecule has 0 saturated carbocycles. The molecule has 0 fully saturated rings. The van der Waals surface area contributed by atoms with Crippen LogP contribution in [0.2, 0.25) is 0 Å². The molecule has 0 radical (unpaired) electrons. The van der Waals surface area contributed by atoms with Gasteiger partial charge in [-0.05, 0) is 15.4 Å². The van der Waals surface area contributed by atoms with Gasteiger partial charge in [0.05, 0.1) is 6.61 Å². The van der Waals surface area contributed by atoms with Gasteiger partial charge in [-0.1, -0.05) is 0 Å². The van der Waals surface area contributed by atoms with Gasteiger partial charge in [-0.15, -0.1) is 43.5 Å². The smallest absolute Gasteiger partial charge is 0.0863 e. The molecule has 0 aliphatic heterocycles. The molecule has 0 atom stereocenters. The molecule has 0 aliphatic carbocycles. The summed E-state index contributed by atoms with van der Waals surface area (Å²) in [5.41, 5.74) is 0. The van der Waals surface area contributed by atoms with Crippen LogP contribution in [0.5, 0.6) is 5.75 Å². The third kappa shape index (κ3) is 3.56. The van der Waals surface area contributed by atoms with E-state index in [1.807, 2.05) is 12.1 Å². The molecule has 1 aromatic rings. The molecule has 0 bridgehead atoms. The molecule has 14 heavy (non-hydrogen) atoms. The van der Waals surface area contributed by atoms with Gasteiger partial charge in [0.15, 0.2) is 0 Å². The first-order valence-electron chi connectivity index (χ1n) is 3.79. The second-order valence-corrected chi connectivity index (χ2v) is 4.46. The Balaban J connectivity index is 0.00000169. The molecule has 5 heteroatoms. The number of halogens is 3. The second kappa shape index (κ2) is 6.68. The minimum atomic E-state index is 0. The van der Waals surface area contributed by atoms with Crippen LogP contribution in [0.25, 0.3) is 0 Å². The third-order valence-corrected chi connectivity index (χ3v) is 2.82. The Morgan fingerprint density at radius 3 is 2.36 bits per heavy atom. The van der Waals surface area contributed by atoms with Gasteiger partial charge in [0, 0.05) is 11.6 Å². The SMILES string of the molecule is ClCCCOc1c(Br)c[c-]cc1Br.[Rf]. The fraction of sp³-hybridized carbons (Fsp3) is 0.333. The molecule has 0 spiro atoms. The summed E-state index contributed by atoms with van der Waals surface area (Å²) in [4.78, 5) is 0. The van der Waals surface area contributed by atoms with Crippen LogP contribution in [0.3, 0.4) is 0 Å². The fourth-order valence-corrected chi connectivity index (χ4v) is 2.10. The van der Waals surface area contributed by atoms with Gasteiger partial charge in [-0.25, -0.2) is 0 Å². The normalized spacial score (nSPS) is 9.36. The Morgan fingerprint density at radius 1 is 1.29 bits per heavy atom. The first kappa shape index (κ1) is 13.3. The van der Waals surface area contributed by atoms with Crippen molar-refractivity contribution in [3.05, 3.63) is 27.1 Å². The van der Waals surface area contributed by atoms with E-state index < -0.39 is 0 Å². The maximum absolute atomic E-state index is 5.54. The Bertz CT molecular complexity index is 263. The summed E-state index contributed by atoms with van der Waals surface area (Å²) in [5.74, 6) is 1.43. The Hall–Kier alpha value is -0.730. The number of hydrogen-bond acceptors (Lipinski definition) is 1. The van der Waals surface area contributed by atoms with E-state index in [1.165, 1.54) is 0 Å². The van der Waals surface area contributed by atoms with E-state index in [0.717, 1.165) is 21.1 Å². The molecule has 0 aromatic heterocycles. The van der Waals surface area contributed by atoms with Crippen molar-refractivity contribution in [3.63, 3.8) is 0 Å². The van der Waals surface area contributed by atoms with Crippen molar-refractivity contribution >= 4 is 43.5 Å². The standard InChI is InChI=1S/C9H8Br2ClO.Rf/c10-7-3-1-4-8(11)9(7)13-6-2-5-12;/h3-4H,2,5-6H2;/q-1;. The van der Waals surface area contributed by atoms with Crippen molar-refractivity contribution in [1.29, 1.82) is 0 Å². The van der Waals surface area contributed by atoms with Gasteiger partial charge in [-0.3, -0.25) is 0 Å². The summed E-state index contributed by atoms with van der Waals surface area (Å²) < 4.78 is 7.31. The molecule has 74 valence electrons. The summed E-state index contributed by atoms with van der Waals surface area (Å²) in [7, 11) is 0. The third-order valence-electron chi connectivity index (χ3n) is 1.38. The van der Waals surface area contributed by atoms with Crippen LogP contribution in [0.15, 0.2) is 21.1 Å². The van der Waals surface area contributed by atoms with Gasteiger partial charge in [-0.2, -0.15) is 18.2 Å². The van der Waals surface area contributed by atoms with Gasteiger partial charge in [0.1, 0.15) is 0 Å². The van der Waals surface area contributed by atoms with E-state index in [2.05, 4.69) is 37.9 Å². The Labute approximate surface area is 99.7 Å². The quantitative estimate of drug-likeness (QED) is 0.291. The maximum Gasteiger partial charge on any atom is 0.0863 e. The fourth-order valence-electron chi connectivity index (χ4n) is 0.800. The Kier molecular flexibility index (Phi) is 6.34. The molecule has 1 aromatic carbocycles. The van der Waals surface area contributed by atoms with Crippen LogP contribution in [0.1, 0.15) is 6.42 Å². The van der Waals surface area contributed by atoms with Crippen LogP contribution < -0.4 is 4.74 Å². The number of ether oxygens (including phenoxy) is 1. The van der Waals surface area contributed by atoms with E-state index in [-0.39, 0.29) is 0 Å². The van der Waals surface area contributed by atoms with Crippen LogP contribution in [-0.4, -0.2) is 12.5 Å². The average molecular weight is 594 g/mol. The van der Waals surface area contributed by atoms with Gasteiger partial charge in [0.25, 0.3) is 0 Å². The van der Waals surface area contributed by atoms with Crippen molar-refractivity contribution in [2.45, 2.75) is 6.42 Å². The molecular formula is C9H8Br2ClORf-. The van der Waals surface area contributed by atoms with Crippen LogP contribution in [0, 0.1) is 6.07 Å². The number of hydrogen-bond donors (Lipinski definition) is 0. The van der Waals surface area contributed by atoms with Crippen LogP contribution in [0.4, 0.5) is 0 Å². The zero-order chi connectivity index (χ0) is 9.68. The summed E-state index contributed by atoms with van der Waals surface area (Å²) in [6, 6.07) is 6.60. The van der Waals surface area contributed by atoms with Crippen LogP contribution >= 0.6 is 43.5 Å². The molecule has 0 N–H and O–H groups in total. The molecule has 0 heterocycles. The minimum absolute atomic E-state index is 0. The molecule has 1 rings (SSSR count). The summed E-state index contributed by atoms with van der Waals surface area (Å²) in [6.07, 6.45) is 0.846.